The molecule has 1 amide bonds. The molecule has 0 saturated carbocycles. The van der Waals surface area contributed by atoms with Crippen molar-refractivity contribution < 1.29 is 4.79 Å². The number of anilines is 1. The number of aromatic amines is 1. The zero-order valence-electron chi connectivity index (χ0n) is 12.1. The van der Waals surface area contributed by atoms with Crippen molar-refractivity contribution in [2.45, 2.75) is 13.8 Å². The molecule has 0 aliphatic carbocycles. The van der Waals surface area contributed by atoms with E-state index < -0.39 is 0 Å². The fraction of sp³-hybridized carbons (Fsp3) is 0.125. The lowest BCUT2D eigenvalue weighted by molar-refractivity contribution is 0.102. The zero-order chi connectivity index (χ0) is 15.7. The van der Waals surface area contributed by atoms with E-state index in [4.69, 9.17) is 0 Å². The van der Waals surface area contributed by atoms with Crippen LogP contribution in [0, 0.1) is 17.4 Å². The van der Waals surface area contributed by atoms with Crippen molar-refractivity contribution in [3.63, 3.8) is 0 Å². The molecular formula is C16H14IN3OS. The fourth-order valence-corrected chi connectivity index (χ4v) is 3.50. The zero-order valence-corrected chi connectivity index (χ0v) is 15.1. The molecular weight excluding hydrogens is 409 g/mol. The minimum absolute atomic E-state index is 0.145. The summed E-state index contributed by atoms with van der Waals surface area (Å²) in [6, 6.07) is 11.8. The minimum atomic E-state index is -0.145. The summed E-state index contributed by atoms with van der Waals surface area (Å²) in [6.07, 6.45) is 0. The second kappa shape index (κ2) is 6.21. The van der Waals surface area contributed by atoms with Crippen molar-refractivity contribution in [1.82, 2.24) is 10.2 Å². The first-order chi connectivity index (χ1) is 10.5. The Morgan fingerprint density at radius 2 is 2.05 bits per heavy atom. The third-order valence-electron chi connectivity index (χ3n) is 3.19. The van der Waals surface area contributed by atoms with Gasteiger partial charge in [-0.15, -0.1) is 11.3 Å². The molecule has 22 heavy (non-hydrogen) atoms. The molecule has 4 nitrogen and oxygen atoms in total. The van der Waals surface area contributed by atoms with Crippen LogP contribution in [0.5, 0.6) is 0 Å². The number of carbonyl (C=O) groups excluding carboxylic acids is 1. The van der Waals surface area contributed by atoms with Crippen LogP contribution in [0.15, 0.2) is 36.4 Å². The fourth-order valence-electron chi connectivity index (χ4n) is 2.09. The van der Waals surface area contributed by atoms with Crippen molar-refractivity contribution in [3.05, 3.63) is 56.0 Å². The van der Waals surface area contributed by atoms with E-state index in [1.807, 2.05) is 37.3 Å². The summed E-state index contributed by atoms with van der Waals surface area (Å²) in [5.41, 5.74) is 2.63. The lowest BCUT2D eigenvalue weighted by Crippen LogP contribution is -2.13. The molecule has 0 fully saturated rings. The molecule has 6 heteroatoms. The van der Waals surface area contributed by atoms with Gasteiger partial charge in [0.25, 0.3) is 5.91 Å². The van der Waals surface area contributed by atoms with Crippen LogP contribution < -0.4 is 5.32 Å². The standard InChI is InChI=1S/C16H14IN3OS/c1-9-3-5-12(17)11(7-9)16(21)18-15-8-13(19-20-15)14-6-4-10(2)22-14/h3-8H,1-2H3,(H2,18,19,20,21). The van der Waals surface area contributed by atoms with E-state index in [2.05, 4.69) is 51.1 Å². The Labute approximate surface area is 146 Å². The van der Waals surface area contributed by atoms with Gasteiger partial charge in [-0.25, -0.2) is 0 Å². The SMILES string of the molecule is Cc1ccc(I)c(C(=O)Nc2cc(-c3ccc(C)s3)[nH]n2)c1. The van der Waals surface area contributed by atoms with Gasteiger partial charge in [-0.1, -0.05) is 11.6 Å². The van der Waals surface area contributed by atoms with E-state index in [0.29, 0.717) is 11.4 Å². The summed E-state index contributed by atoms with van der Waals surface area (Å²) in [6.45, 7) is 4.03. The highest BCUT2D eigenvalue weighted by Gasteiger charge is 2.13. The first kappa shape index (κ1) is 15.2. The van der Waals surface area contributed by atoms with E-state index in [0.717, 1.165) is 19.7 Å². The highest BCUT2D eigenvalue weighted by molar-refractivity contribution is 14.1. The molecule has 0 atom stereocenters. The average Bonchev–Trinajstić information content (AvgIpc) is 3.10. The van der Waals surface area contributed by atoms with Crippen LogP contribution in [-0.4, -0.2) is 16.1 Å². The molecule has 1 aromatic carbocycles. The number of carbonyl (C=O) groups is 1. The van der Waals surface area contributed by atoms with E-state index in [9.17, 15) is 4.79 Å². The van der Waals surface area contributed by atoms with Gasteiger partial charge in [0.1, 0.15) is 0 Å². The summed E-state index contributed by atoms with van der Waals surface area (Å²) in [4.78, 5) is 14.7. The van der Waals surface area contributed by atoms with Crippen molar-refractivity contribution in [2.24, 2.45) is 0 Å². The van der Waals surface area contributed by atoms with Crippen molar-refractivity contribution in [2.75, 3.05) is 5.32 Å². The topological polar surface area (TPSA) is 57.8 Å². The van der Waals surface area contributed by atoms with Crippen LogP contribution in [0.4, 0.5) is 5.82 Å². The number of aromatic nitrogens is 2. The Bertz CT molecular complexity index is 838. The summed E-state index contributed by atoms with van der Waals surface area (Å²) < 4.78 is 0.922. The number of nitrogens with zero attached hydrogens (tertiary/aromatic N) is 1. The smallest absolute Gasteiger partial charge is 0.257 e. The van der Waals surface area contributed by atoms with E-state index in [-0.39, 0.29) is 5.91 Å². The highest BCUT2D eigenvalue weighted by atomic mass is 127. The van der Waals surface area contributed by atoms with Crippen LogP contribution in [0.1, 0.15) is 20.8 Å². The summed E-state index contributed by atoms with van der Waals surface area (Å²) >= 11 is 3.85. The number of halogens is 1. The summed E-state index contributed by atoms with van der Waals surface area (Å²) in [5.74, 6) is 0.386. The van der Waals surface area contributed by atoms with Gasteiger partial charge in [0.15, 0.2) is 5.82 Å². The van der Waals surface area contributed by atoms with Gasteiger partial charge >= 0.3 is 0 Å². The normalized spacial score (nSPS) is 10.7. The van der Waals surface area contributed by atoms with Gasteiger partial charge in [0.05, 0.1) is 16.1 Å². The van der Waals surface area contributed by atoms with E-state index >= 15 is 0 Å². The molecule has 0 spiro atoms. The Hall–Kier alpha value is -1.67. The third kappa shape index (κ3) is 3.22. The molecule has 0 aliphatic rings. The number of hydrogen-bond donors (Lipinski definition) is 2. The molecule has 112 valence electrons. The highest BCUT2D eigenvalue weighted by Crippen LogP contribution is 2.27. The Morgan fingerprint density at radius 1 is 1.23 bits per heavy atom. The van der Waals surface area contributed by atoms with Crippen LogP contribution >= 0.6 is 33.9 Å². The number of aryl methyl sites for hydroxylation is 2. The lowest BCUT2D eigenvalue weighted by atomic mass is 10.1. The van der Waals surface area contributed by atoms with Gasteiger partial charge in [-0.2, -0.15) is 5.10 Å². The number of benzene rings is 1. The van der Waals surface area contributed by atoms with Gasteiger partial charge in [-0.05, 0) is 60.7 Å². The first-order valence-corrected chi connectivity index (χ1v) is 8.62. The molecule has 0 radical (unpaired) electrons. The maximum absolute atomic E-state index is 12.4. The number of thiophene rings is 1. The predicted octanol–water partition coefficient (Wildman–Crippen LogP) is 4.61. The quantitative estimate of drug-likeness (QED) is 0.605. The van der Waals surface area contributed by atoms with Crippen molar-refractivity contribution >= 4 is 45.7 Å². The molecule has 0 aliphatic heterocycles. The van der Waals surface area contributed by atoms with Crippen LogP contribution in [-0.2, 0) is 0 Å². The Balaban J connectivity index is 1.80. The van der Waals surface area contributed by atoms with Gasteiger partial charge in [0.2, 0.25) is 0 Å². The molecule has 3 rings (SSSR count). The Kier molecular flexibility index (Phi) is 4.30. The van der Waals surface area contributed by atoms with Gasteiger partial charge in [0, 0.05) is 14.5 Å². The maximum Gasteiger partial charge on any atom is 0.257 e. The number of amides is 1. The van der Waals surface area contributed by atoms with Crippen LogP contribution in [0.3, 0.4) is 0 Å². The first-order valence-electron chi connectivity index (χ1n) is 6.72. The lowest BCUT2D eigenvalue weighted by Gasteiger charge is -2.05. The molecule has 2 N–H and O–H groups in total. The van der Waals surface area contributed by atoms with Crippen molar-refractivity contribution in [3.8, 4) is 10.6 Å². The van der Waals surface area contributed by atoms with Gasteiger partial charge in [-0.3, -0.25) is 9.89 Å². The van der Waals surface area contributed by atoms with Crippen molar-refractivity contribution in [1.29, 1.82) is 0 Å². The Morgan fingerprint density at radius 3 is 2.77 bits per heavy atom. The molecule has 2 heterocycles. The second-order valence-corrected chi connectivity index (χ2v) is 7.46. The number of hydrogen-bond acceptors (Lipinski definition) is 3. The second-order valence-electron chi connectivity index (χ2n) is 5.01. The van der Waals surface area contributed by atoms with E-state index in [1.54, 1.807) is 11.3 Å². The molecule has 2 aromatic heterocycles. The molecule has 0 bridgehead atoms. The number of rotatable bonds is 3. The molecule has 3 aromatic rings. The van der Waals surface area contributed by atoms with Crippen LogP contribution in [0.25, 0.3) is 10.6 Å². The predicted molar refractivity (Wildman–Crippen MR) is 98.5 cm³/mol. The van der Waals surface area contributed by atoms with E-state index in [1.165, 1.54) is 4.88 Å². The average molecular weight is 423 g/mol. The minimum Gasteiger partial charge on any atom is -0.305 e. The summed E-state index contributed by atoms with van der Waals surface area (Å²) in [7, 11) is 0. The summed E-state index contributed by atoms with van der Waals surface area (Å²) in [5, 5.41) is 9.97. The largest absolute Gasteiger partial charge is 0.305 e. The van der Waals surface area contributed by atoms with Crippen LogP contribution in [0.2, 0.25) is 0 Å². The number of H-pyrrole nitrogens is 1. The number of nitrogens with one attached hydrogen (secondary N) is 2. The maximum atomic E-state index is 12.4. The molecule has 0 saturated heterocycles. The van der Waals surface area contributed by atoms with Gasteiger partial charge < -0.3 is 5.32 Å². The monoisotopic (exact) mass is 423 g/mol. The third-order valence-corrected chi connectivity index (χ3v) is 5.17. The molecule has 0 unspecified atom stereocenters.